The molecule has 0 saturated carbocycles. The molecule has 0 aliphatic carbocycles. The second kappa shape index (κ2) is 5.73. The number of amides is 2. The van der Waals surface area contributed by atoms with Crippen LogP contribution in [0.5, 0.6) is 5.75 Å². The first-order chi connectivity index (χ1) is 9.49. The van der Waals surface area contributed by atoms with Gasteiger partial charge in [-0.1, -0.05) is 13.0 Å². The highest BCUT2D eigenvalue weighted by Crippen LogP contribution is 2.19. The van der Waals surface area contributed by atoms with E-state index in [2.05, 4.69) is 0 Å². The number of nitrogens with zero attached hydrogens (tertiary/aromatic N) is 1. The molecule has 1 fully saturated rings. The Labute approximate surface area is 115 Å². The van der Waals surface area contributed by atoms with Crippen LogP contribution in [0.4, 0.5) is 0 Å². The van der Waals surface area contributed by atoms with E-state index >= 15 is 0 Å². The third kappa shape index (κ3) is 2.96. The smallest absolute Gasteiger partial charge is 0.335 e. The van der Waals surface area contributed by atoms with Gasteiger partial charge in [0.2, 0.25) is 11.8 Å². The summed E-state index contributed by atoms with van der Waals surface area (Å²) in [6.45, 7) is 2.05. The van der Waals surface area contributed by atoms with Gasteiger partial charge in [0.1, 0.15) is 12.4 Å². The summed E-state index contributed by atoms with van der Waals surface area (Å²) in [5.74, 6) is -1.27. The highest BCUT2D eigenvalue weighted by molar-refractivity contribution is 6.03. The Morgan fingerprint density at radius 1 is 1.45 bits per heavy atom. The molecular weight excluding hydrogens is 262 g/mol. The van der Waals surface area contributed by atoms with Crippen molar-refractivity contribution in [3.05, 3.63) is 29.8 Å². The maximum atomic E-state index is 11.7. The van der Waals surface area contributed by atoms with Gasteiger partial charge in [0, 0.05) is 12.3 Å². The van der Waals surface area contributed by atoms with Crippen LogP contribution in [0.3, 0.4) is 0 Å². The van der Waals surface area contributed by atoms with Gasteiger partial charge in [-0.25, -0.2) is 4.79 Å². The van der Waals surface area contributed by atoms with Crippen molar-refractivity contribution < 1.29 is 24.2 Å². The number of rotatable bonds is 5. The van der Waals surface area contributed by atoms with Crippen molar-refractivity contribution in [1.29, 1.82) is 0 Å². The summed E-state index contributed by atoms with van der Waals surface area (Å²) in [5, 5.41) is 8.85. The number of hydrogen-bond donors (Lipinski definition) is 1. The number of aromatic carboxylic acids is 1. The molecule has 1 aliphatic heterocycles. The Kier molecular flexibility index (Phi) is 4.02. The molecule has 0 bridgehead atoms. The topological polar surface area (TPSA) is 83.9 Å². The first kappa shape index (κ1) is 14.0. The van der Waals surface area contributed by atoms with Crippen molar-refractivity contribution in [3.63, 3.8) is 0 Å². The molecule has 0 radical (unpaired) electrons. The number of imide groups is 1. The number of carbonyl (C=O) groups excluding carboxylic acids is 2. The van der Waals surface area contributed by atoms with Crippen LogP contribution >= 0.6 is 0 Å². The maximum Gasteiger partial charge on any atom is 0.335 e. The van der Waals surface area contributed by atoms with Gasteiger partial charge in [0.05, 0.1) is 12.1 Å². The molecule has 1 saturated heterocycles. The Morgan fingerprint density at radius 3 is 2.80 bits per heavy atom. The predicted molar refractivity (Wildman–Crippen MR) is 69.4 cm³/mol. The molecule has 1 heterocycles. The summed E-state index contributed by atoms with van der Waals surface area (Å²) >= 11 is 0. The summed E-state index contributed by atoms with van der Waals surface area (Å²) in [6.07, 6.45) is 0.243. The molecule has 106 valence electrons. The van der Waals surface area contributed by atoms with Crippen LogP contribution in [0.1, 0.15) is 23.7 Å². The molecule has 1 N–H and O–H groups in total. The fraction of sp³-hybridized carbons (Fsp3) is 0.357. The lowest BCUT2D eigenvalue weighted by Crippen LogP contribution is -2.34. The van der Waals surface area contributed by atoms with Crippen molar-refractivity contribution in [2.45, 2.75) is 13.3 Å². The number of ether oxygens (including phenoxy) is 1. The lowest BCUT2D eigenvalue weighted by molar-refractivity contribution is -0.139. The van der Waals surface area contributed by atoms with E-state index in [1.54, 1.807) is 19.1 Å². The molecule has 2 amide bonds. The van der Waals surface area contributed by atoms with Gasteiger partial charge in [0.15, 0.2) is 0 Å². The van der Waals surface area contributed by atoms with Crippen molar-refractivity contribution >= 4 is 17.8 Å². The highest BCUT2D eigenvalue weighted by atomic mass is 16.5. The number of likely N-dealkylation sites (tertiary alicyclic amines) is 1. The minimum atomic E-state index is -1.03. The SMILES string of the molecule is CC1CC(=O)N(CCOc2cccc(C(=O)O)c2)C1=O. The number of carboxylic acid groups (broad SMARTS) is 1. The highest BCUT2D eigenvalue weighted by Gasteiger charge is 2.35. The van der Waals surface area contributed by atoms with Crippen molar-refractivity contribution in [2.24, 2.45) is 5.92 Å². The van der Waals surface area contributed by atoms with Crippen LogP contribution in [0.2, 0.25) is 0 Å². The summed E-state index contributed by atoms with van der Waals surface area (Å²) in [4.78, 5) is 35.2. The lowest BCUT2D eigenvalue weighted by Gasteiger charge is -2.14. The van der Waals surface area contributed by atoms with Gasteiger partial charge in [-0.2, -0.15) is 0 Å². The zero-order chi connectivity index (χ0) is 14.7. The van der Waals surface area contributed by atoms with E-state index in [1.807, 2.05) is 0 Å². The largest absolute Gasteiger partial charge is 0.492 e. The van der Waals surface area contributed by atoms with Gasteiger partial charge in [-0.3, -0.25) is 14.5 Å². The van der Waals surface area contributed by atoms with E-state index in [9.17, 15) is 14.4 Å². The van der Waals surface area contributed by atoms with E-state index in [4.69, 9.17) is 9.84 Å². The van der Waals surface area contributed by atoms with Crippen LogP contribution in [-0.2, 0) is 9.59 Å². The Balaban J connectivity index is 1.90. The summed E-state index contributed by atoms with van der Waals surface area (Å²) in [5.41, 5.74) is 0.129. The van der Waals surface area contributed by atoms with Crippen LogP contribution in [0.15, 0.2) is 24.3 Å². The number of hydrogen-bond acceptors (Lipinski definition) is 4. The molecule has 0 spiro atoms. The second-order valence-corrected chi connectivity index (χ2v) is 4.67. The normalized spacial score (nSPS) is 18.4. The fourth-order valence-corrected chi connectivity index (χ4v) is 2.06. The van der Waals surface area contributed by atoms with Crippen molar-refractivity contribution in [3.8, 4) is 5.75 Å². The molecule has 1 aromatic rings. The maximum absolute atomic E-state index is 11.7. The quantitative estimate of drug-likeness (QED) is 0.816. The third-order valence-corrected chi connectivity index (χ3v) is 3.13. The number of carbonyl (C=O) groups is 3. The van der Waals surface area contributed by atoms with Crippen LogP contribution < -0.4 is 4.74 Å². The Bertz CT molecular complexity index is 554. The molecule has 1 aromatic carbocycles. The molecular formula is C14H15NO5. The monoisotopic (exact) mass is 277 g/mol. The average Bonchev–Trinajstić information content (AvgIpc) is 2.65. The molecule has 6 heteroatoms. The first-order valence-electron chi connectivity index (χ1n) is 6.29. The first-order valence-corrected chi connectivity index (χ1v) is 6.29. The van der Waals surface area contributed by atoms with E-state index < -0.39 is 5.97 Å². The summed E-state index contributed by atoms with van der Waals surface area (Å²) in [6, 6.07) is 6.07. The standard InChI is InChI=1S/C14H15NO5/c1-9-7-12(16)15(13(9)17)5-6-20-11-4-2-3-10(8-11)14(18)19/h2-4,8-9H,5-7H2,1H3,(H,18,19). The molecule has 1 aliphatic rings. The van der Waals surface area contributed by atoms with E-state index in [0.717, 1.165) is 0 Å². The van der Waals surface area contributed by atoms with Crippen LogP contribution in [0.25, 0.3) is 0 Å². The Morgan fingerprint density at radius 2 is 2.20 bits per heavy atom. The summed E-state index contributed by atoms with van der Waals surface area (Å²) in [7, 11) is 0. The van der Waals surface area contributed by atoms with Gasteiger partial charge in [-0.15, -0.1) is 0 Å². The average molecular weight is 277 g/mol. The molecule has 6 nitrogen and oxygen atoms in total. The predicted octanol–water partition coefficient (Wildman–Crippen LogP) is 1.16. The molecule has 2 rings (SSSR count). The van der Waals surface area contributed by atoms with Gasteiger partial charge in [-0.05, 0) is 18.2 Å². The zero-order valence-corrected chi connectivity index (χ0v) is 11.0. The number of benzene rings is 1. The number of carboxylic acids is 1. The minimum absolute atomic E-state index is 0.129. The fourth-order valence-electron chi connectivity index (χ4n) is 2.06. The van der Waals surface area contributed by atoms with E-state index in [0.29, 0.717) is 5.75 Å². The second-order valence-electron chi connectivity index (χ2n) is 4.67. The molecule has 0 aromatic heterocycles. The lowest BCUT2D eigenvalue weighted by atomic mass is 10.1. The van der Waals surface area contributed by atoms with Gasteiger partial charge < -0.3 is 9.84 Å². The van der Waals surface area contributed by atoms with Crippen molar-refractivity contribution in [1.82, 2.24) is 4.90 Å². The van der Waals surface area contributed by atoms with E-state index in [-0.39, 0.29) is 42.9 Å². The van der Waals surface area contributed by atoms with Crippen molar-refractivity contribution in [2.75, 3.05) is 13.2 Å². The van der Waals surface area contributed by atoms with Crippen LogP contribution in [-0.4, -0.2) is 40.9 Å². The molecule has 20 heavy (non-hydrogen) atoms. The summed E-state index contributed by atoms with van der Waals surface area (Å²) < 4.78 is 5.38. The minimum Gasteiger partial charge on any atom is -0.492 e. The zero-order valence-electron chi connectivity index (χ0n) is 11.0. The van der Waals surface area contributed by atoms with Crippen LogP contribution in [0, 0.1) is 5.92 Å². The van der Waals surface area contributed by atoms with Gasteiger partial charge >= 0.3 is 5.97 Å². The third-order valence-electron chi connectivity index (χ3n) is 3.13. The molecule has 1 unspecified atom stereocenters. The van der Waals surface area contributed by atoms with Gasteiger partial charge in [0.25, 0.3) is 0 Å². The van der Waals surface area contributed by atoms with E-state index in [1.165, 1.54) is 17.0 Å². The Hall–Kier alpha value is -2.37. The molecule has 1 atom stereocenters.